The van der Waals surface area contributed by atoms with Gasteiger partial charge in [0.1, 0.15) is 5.75 Å². The molecular formula is C13H17NO2. The molecule has 1 aromatic rings. The summed E-state index contributed by atoms with van der Waals surface area (Å²) >= 11 is 0. The molecule has 0 aliphatic heterocycles. The Labute approximate surface area is 95.9 Å². The minimum absolute atomic E-state index is 0.434. The maximum atomic E-state index is 11.1. The third-order valence-electron chi connectivity index (χ3n) is 2.29. The predicted octanol–water partition coefficient (Wildman–Crippen LogP) is 2.06. The Balaban J connectivity index is 2.86. The first-order chi connectivity index (χ1) is 7.69. The number of primary amides is 1. The Kier molecular flexibility index (Phi) is 4.58. The molecule has 1 atom stereocenters. The average molecular weight is 219 g/mol. The van der Waals surface area contributed by atoms with Gasteiger partial charge in [-0.3, -0.25) is 4.79 Å². The molecule has 16 heavy (non-hydrogen) atoms. The molecular weight excluding hydrogens is 202 g/mol. The van der Waals surface area contributed by atoms with E-state index in [0.717, 1.165) is 5.56 Å². The molecule has 86 valence electrons. The van der Waals surface area contributed by atoms with Gasteiger partial charge < -0.3 is 10.5 Å². The SMILES string of the molecule is C=CCc1ccccc1O[C@@H](CC)C(N)=O. The van der Waals surface area contributed by atoms with Crippen LogP contribution in [0.15, 0.2) is 36.9 Å². The van der Waals surface area contributed by atoms with E-state index >= 15 is 0 Å². The van der Waals surface area contributed by atoms with Crippen molar-refractivity contribution in [1.82, 2.24) is 0 Å². The molecule has 2 N–H and O–H groups in total. The quantitative estimate of drug-likeness (QED) is 0.744. The number of benzene rings is 1. The van der Waals surface area contributed by atoms with E-state index in [4.69, 9.17) is 10.5 Å². The third kappa shape index (κ3) is 3.12. The number of hydrogen-bond acceptors (Lipinski definition) is 2. The van der Waals surface area contributed by atoms with Gasteiger partial charge in [-0.15, -0.1) is 6.58 Å². The fourth-order valence-corrected chi connectivity index (χ4v) is 1.44. The highest BCUT2D eigenvalue weighted by Gasteiger charge is 2.15. The van der Waals surface area contributed by atoms with E-state index in [-0.39, 0.29) is 0 Å². The number of ether oxygens (including phenoxy) is 1. The summed E-state index contributed by atoms with van der Waals surface area (Å²) in [6.07, 6.45) is 2.52. The highest BCUT2D eigenvalue weighted by atomic mass is 16.5. The average Bonchev–Trinajstić information content (AvgIpc) is 2.27. The minimum Gasteiger partial charge on any atom is -0.480 e. The summed E-state index contributed by atoms with van der Waals surface area (Å²) in [5.74, 6) is 0.268. The lowest BCUT2D eigenvalue weighted by atomic mass is 10.1. The van der Waals surface area contributed by atoms with Crippen molar-refractivity contribution in [1.29, 1.82) is 0 Å². The van der Waals surface area contributed by atoms with E-state index in [1.54, 1.807) is 6.08 Å². The van der Waals surface area contributed by atoms with E-state index in [2.05, 4.69) is 6.58 Å². The molecule has 1 amide bonds. The van der Waals surface area contributed by atoms with Gasteiger partial charge in [0.15, 0.2) is 6.10 Å². The minimum atomic E-state index is -0.564. The zero-order chi connectivity index (χ0) is 12.0. The molecule has 0 saturated heterocycles. The Bertz CT molecular complexity index is 374. The van der Waals surface area contributed by atoms with E-state index in [1.807, 2.05) is 31.2 Å². The van der Waals surface area contributed by atoms with E-state index < -0.39 is 12.0 Å². The highest BCUT2D eigenvalue weighted by Crippen LogP contribution is 2.20. The Morgan fingerprint density at radius 3 is 2.81 bits per heavy atom. The van der Waals surface area contributed by atoms with Gasteiger partial charge in [-0.05, 0) is 24.5 Å². The van der Waals surface area contributed by atoms with Crippen LogP contribution < -0.4 is 10.5 Å². The molecule has 0 aliphatic carbocycles. The number of allylic oxidation sites excluding steroid dienone is 1. The lowest BCUT2D eigenvalue weighted by Gasteiger charge is -2.16. The summed E-state index contributed by atoms with van der Waals surface area (Å²) in [6.45, 7) is 5.55. The van der Waals surface area contributed by atoms with Gasteiger partial charge in [0.05, 0.1) is 0 Å². The largest absolute Gasteiger partial charge is 0.480 e. The Morgan fingerprint density at radius 2 is 2.25 bits per heavy atom. The fraction of sp³-hybridized carbons (Fsp3) is 0.308. The Morgan fingerprint density at radius 1 is 1.56 bits per heavy atom. The van der Waals surface area contributed by atoms with Gasteiger partial charge in [0.25, 0.3) is 5.91 Å². The summed E-state index contributed by atoms with van der Waals surface area (Å²) in [5.41, 5.74) is 6.25. The van der Waals surface area contributed by atoms with E-state index in [9.17, 15) is 4.79 Å². The smallest absolute Gasteiger partial charge is 0.258 e. The molecule has 0 saturated carbocycles. The van der Waals surface area contributed by atoms with Crippen molar-refractivity contribution < 1.29 is 9.53 Å². The second kappa shape index (κ2) is 5.95. The third-order valence-corrected chi connectivity index (χ3v) is 2.29. The standard InChI is InChI=1S/C13H17NO2/c1-3-7-10-8-5-6-9-12(10)16-11(4-2)13(14)15/h3,5-6,8-9,11H,1,4,7H2,2H3,(H2,14,15)/t11-/m0/s1. The summed E-state index contributed by atoms with van der Waals surface area (Å²) in [6, 6.07) is 7.59. The lowest BCUT2D eigenvalue weighted by Crippen LogP contribution is -2.33. The van der Waals surface area contributed by atoms with Crippen molar-refractivity contribution in [3.63, 3.8) is 0 Å². The molecule has 0 radical (unpaired) electrons. The maximum Gasteiger partial charge on any atom is 0.258 e. The van der Waals surface area contributed by atoms with Crippen LogP contribution in [-0.2, 0) is 11.2 Å². The molecule has 0 aromatic heterocycles. The molecule has 0 fully saturated rings. The number of rotatable bonds is 6. The number of carbonyl (C=O) groups is 1. The molecule has 1 rings (SSSR count). The van der Waals surface area contributed by atoms with Crippen LogP contribution in [-0.4, -0.2) is 12.0 Å². The van der Waals surface area contributed by atoms with Gasteiger partial charge >= 0.3 is 0 Å². The van der Waals surface area contributed by atoms with Crippen molar-refractivity contribution >= 4 is 5.91 Å². The van der Waals surface area contributed by atoms with Crippen LogP contribution >= 0.6 is 0 Å². The van der Waals surface area contributed by atoms with Gasteiger partial charge in [0.2, 0.25) is 0 Å². The van der Waals surface area contributed by atoms with Crippen LogP contribution in [0.5, 0.6) is 5.75 Å². The van der Waals surface area contributed by atoms with Gasteiger partial charge in [-0.1, -0.05) is 31.2 Å². The zero-order valence-corrected chi connectivity index (χ0v) is 9.48. The van der Waals surface area contributed by atoms with E-state index in [1.165, 1.54) is 0 Å². The topological polar surface area (TPSA) is 52.3 Å². The van der Waals surface area contributed by atoms with Crippen LogP contribution in [0.3, 0.4) is 0 Å². The predicted molar refractivity (Wildman–Crippen MR) is 64.2 cm³/mol. The summed E-state index contributed by atoms with van der Waals surface area (Å²) in [4.78, 5) is 11.1. The van der Waals surface area contributed by atoms with Crippen LogP contribution in [0.25, 0.3) is 0 Å². The second-order valence-electron chi connectivity index (χ2n) is 3.52. The zero-order valence-electron chi connectivity index (χ0n) is 9.48. The molecule has 0 unspecified atom stereocenters. The summed E-state index contributed by atoms with van der Waals surface area (Å²) in [5, 5.41) is 0. The van der Waals surface area contributed by atoms with Crippen LogP contribution in [0.2, 0.25) is 0 Å². The second-order valence-corrected chi connectivity index (χ2v) is 3.52. The number of nitrogens with two attached hydrogens (primary N) is 1. The molecule has 3 nitrogen and oxygen atoms in total. The first-order valence-electron chi connectivity index (χ1n) is 5.33. The highest BCUT2D eigenvalue weighted by molar-refractivity contribution is 5.79. The number of hydrogen-bond donors (Lipinski definition) is 1. The monoisotopic (exact) mass is 219 g/mol. The van der Waals surface area contributed by atoms with Crippen molar-refractivity contribution in [2.24, 2.45) is 5.73 Å². The fourth-order valence-electron chi connectivity index (χ4n) is 1.44. The van der Waals surface area contributed by atoms with Gasteiger partial charge in [0, 0.05) is 0 Å². The number of amides is 1. The van der Waals surface area contributed by atoms with E-state index in [0.29, 0.717) is 18.6 Å². The lowest BCUT2D eigenvalue weighted by molar-refractivity contribution is -0.124. The first kappa shape index (κ1) is 12.3. The van der Waals surface area contributed by atoms with Gasteiger partial charge in [-0.2, -0.15) is 0 Å². The first-order valence-corrected chi connectivity index (χ1v) is 5.33. The van der Waals surface area contributed by atoms with Crippen LogP contribution in [0, 0.1) is 0 Å². The van der Waals surface area contributed by atoms with Crippen LogP contribution in [0.4, 0.5) is 0 Å². The van der Waals surface area contributed by atoms with Gasteiger partial charge in [-0.25, -0.2) is 0 Å². The molecule has 0 aliphatic rings. The van der Waals surface area contributed by atoms with Crippen molar-refractivity contribution in [3.05, 3.63) is 42.5 Å². The number of para-hydroxylation sites is 1. The molecule has 0 spiro atoms. The van der Waals surface area contributed by atoms with Crippen molar-refractivity contribution in [2.45, 2.75) is 25.9 Å². The molecule has 0 bridgehead atoms. The number of carbonyl (C=O) groups excluding carboxylic acids is 1. The molecule has 0 heterocycles. The maximum absolute atomic E-state index is 11.1. The van der Waals surface area contributed by atoms with Crippen LogP contribution in [0.1, 0.15) is 18.9 Å². The van der Waals surface area contributed by atoms with Crippen molar-refractivity contribution in [3.8, 4) is 5.75 Å². The molecule has 1 aromatic carbocycles. The normalized spacial score (nSPS) is 11.8. The van der Waals surface area contributed by atoms with Crippen molar-refractivity contribution in [2.75, 3.05) is 0 Å². The summed E-state index contributed by atoms with van der Waals surface area (Å²) < 4.78 is 5.59. The summed E-state index contributed by atoms with van der Waals surface area (Å²) in [7, 11) is 0. The Hall–Kier alpha value is -1.77. The molecule has 3 heteroatoms.